The SMILES string of the molecule is NC1CCN(C(=O)C2CC3CCCCC3N2)CC1SCNCC1(O)CC1. The third-order valence-electron chi connectivity index (χ3n) is 6.76. The maximum absolute atomic E-state index is 13.0. The first-order valence-corrected chi connectivity index (χ1v) is 11.4. The van der Waals surface area contributed by atoms with E-state index in [0.717, 1.165) is 44.6 Å². The van der Waals surface area contributed by atoms with Gasteiger partial charge in [0.15, 0.2) is 0 Å². The summed E-state index contributed by atoms with van der Waals surface area (Å²) < 4.78 is 0. The highest BCUT2D eigenvalue weighted by molar-refractivity contribution is 7.99. The Labute approximate surface area is 161 Å². The van der Waals surface area contributed by atoms with Crippen LogP contribution in [0.2, 0.25) is 0 Å². The Morgan fingerprint density at radius 1 is 1.31 bits per heavy atom. The van der Waals surface area contributed by atoms with Crippen molar-refractivity contribution in [2.45, 2.75) is 80.3 Å². The number of likely N-dealkylation sites (tertiary alicyclic amines) is 1. The number of nitrogens with one attached hydrogen (secondary N) is 2. The van der Waals surface area contributed by atoms with Crippen LogP contribution < -0.4 is 16.4 Å². The van der Waals surface area contributed by atoms with Gasteiger partial charge in [-0.2, -0.15) is 0 Å². The van der Waals surface area contributed by atoms with Crippen molar-refractivity contribution >= 4 is 17.7 Å². The van der Waals surface area contributed by atoms with Gasteiger partial charge in [-0.05, 0) is 44.4 Å². The summed E-state index contributed by atoms with van der Waals surface area (Å²) in [6.07, 6.45) is 8.85. The van der Waals surface area contributed by atoms with Crippen molar-refractivity contribution in [3.8, 4) is 0 Å². The zero-order valence-electron chi connectivity index (χ0n) is 15.7. The molecule has 5 atom stereocenters. The molecule has 0 aromatic heterocycles. The average Bonchev–Trinajstić information content (AvgIpc) is 3.22. The molecule has 7 heteroatoms. The normalized spacial score (nSPS) is 38.8. The minimum absolute atomic E-state index is 0.0188. The van der Waals surface area contributed by atoms with Crippen LogP contribution >= 0.6 is 11.8 Å². The number of fused-ring (bicyclic) bond motifs is 1. The number of carbonyl (C=O) groups is 1. The molecular weight excluding hydrogens is 348 g/mol. The summed E-state index contributed by atoms with van der Waals surface area (Å²) in [7, 11) is 0. The van der Waals surface area contributed by atoms with E-state index in [4.69, 9.17) is 5.73 Å². The molecule has 2 aliphatic carbocycles. The van der Waals surface area contributed by atoms with Crippen molar-refractivity contribution in [1.82, 2.24) is 15.5 Å². The number of hydrogen-bond acceptors (Lipinski definition) is 6. The van der Waals surface area contributed by atoms with E-state index < -0.39 is 5.60 Å². The highest BCUT2D eigenvalue weighted by atomic mass is 32.2. The van der Waals surface area contributed by atoms with Crippen molar-refractivity contribution in [2.75, 3.05) is 25.5 Å². The van der Waals surface area contributed by atoms with Crippen LogP contribution in [0.3, 0.4) is 0 Å². The summed E-state index contributed by atoms with van der Waals surface area (Å²) in [5.74, 6) is 1.78. The molecule has 0 aromatic carbocycles. The maximum atomic E-state index is 13.0. The lowest BCUT2D eigenvalue weighted by Crippen LogP contribution is -2.55. The monoisotopic (exact) mass is 382 g/mol. The molecule has 2 saturated heterocycles. The average molecular weight is 383 g/mol. The molecule has 2 heterocycles. The van der Waals surface area contributed by atoms with E-state index >= 15 is 0 Å². The topological polar surface area (TPSA) is 90.6 Å². The third-order valence-corrected chi connectivity index (χ3v) is 8.06. The molecular formula is C19H34N4O2S. The van der Waals surface area contributed by atoms with E-state index in [0.29, 0.717) is 18.5 Å². The second-order valence-electron chi connectivity index (χ2n) is 8.84. The predicted molar refractivity (Wildman–Crippen MR) is 105 cm³/mol. The molecule has 5 N–H and O–H groups in total. The van der Waals surface area contributed by atoms with Crippen molar-refractivity contribution in [1.29, 1.82) is 0 Å². The molecule has 0 aromatic rings. The van der Waals surface area contributed by atoms with Gasteiger partial charge in [-0.25, -0.2) is 0 Å². The van der Waals surface area contributed by atoms with Gasteiger partial charge in [0, 0.05) is 42.8 Å². The van der Waals surface area contributed by atoms with E-state index in [-0.39, 0.29) is 23.2 Å². The first-order valence-electron chi connectivity index (χ1n) is 10.4. The van der Waals surface area contributed by atoms with E-state index in [1.807, 2.05) is 4.90 Å². The summed E-state index contributed by atoms with van der Waals surface area (Å²) in [5.41, 5.74) is 5.86. The van der Waals surface area contributed by atoms with E-state index in [1.54, 1.807) is 11.8 Å². The van der Waals surface area contributed by atoms with Gasteiger partial charge < -0.3 is 26.4 Å². The quantitative estimate of drug-likeness (QED) is 0.398. The fourth-order valence-corrected chi connectivity index (χ4v) is 5.92. The highest BCUT2D eigenvalue weighted by Gasteiger charge is 2.42. The molecule has 0 radical (unpaired) electrons. The molecule has 5 unspecified atom stereocenters. The van der Waals surface area contributed by atoms with Gasteiger partial charge in [-0.3, -0.25) is 4.79 Å². The van der Waals surface area contributed by atoms with E-state index in [1.165, 1.54) is 25.7 Å². The van der Waals surface area contributed by atoms with Gasteiger partial charge in [-0.1, -0.05) is 12.8 Å². The Morgan fingerprint density at radius 2 is 2.12 bits per heavy atom. The fraction of sp³-hybridized carbons (Fsp3) is 0.947. The van der Waals surface area contributed by atoms with Crippen LogP contribution in [0.4, 0.5) is 0 Å². The van der Waals surface area contributed by atoms with Crippen LogP contribution in [0.25, 0.3) is 0 Å². The van der Waals surface area contributed by atoms with Crippen molar-refractivity contribution in [3.05, 3.63) is 0 Å². The minimum Gasteiger partial charge on any atom is -0.389 e. The zero-order valence-corrected chi connectivity index (χ0v) is 16.5. The fourth-order valence-electron chi connectivity index (χ4n) is 4.81. The second kappa shape index (κ2) is 7.95. The van der Waals surface area contributed by atoms with E-state index in [9.17, 15) is 9.90 Å². The maximum Gasteiger partial charge on any atom is 0.239 e. The number of rotatable bonds is 6. The molecule has 1 amide bonds. The number of piperidine rings is 1. The summed E-state index contributed by atoms with van der Waals surface area (Å²) in [6, 6.07) is 0.728. The Kier molecular flexibility index (Phi) is 5.81. The van der Waals surface area contributed by atoms with Gasteiger partial charge in [0.05, 0.1) is 11.6 Å². The van der Waals surface area contributed by atoms with Crippen molar-refractivity contribution in [3.63, 3.8) is 0 Å². The molecule has 26 heavy (non-hydrogen) atoms. The van der Waals surface area contributed by atoms with Gasteiger partial charge in [0.2, 0.25) is 5.91 Å². The molecule has 0 bridgehead atoms. The Morgan fingerprint density at radius 3 is 2.88 bits per heavy atom. The van der Waals surface area contributed by atoms with Gasteiger partial charge >= 0.3 is 0 Å². The largest absolute Gasteiger partial charge is 0.389 e. The second-order valence-corrected chi connectivity index (χ2v) is 10.1. The number of nitrogens with zero attached hydrogens (tertiary/aromatic N) is 1. The molecule has 4 rings (SSSR count). The number of aliphatic hydroxyl groups is 1. The molecule has 2 aliphatic heterocycles. The van der Waals surface area contributed by atoms with Crippen molar-refractivity contribution in [2.24, 2.45) is 11.7 Å². The number of carbonyl (C=O) groups excluding carboxylic acids is 1. The first kappa shape index (κ1) is 19.0. The zero-order chi connectivity index (χ0) is 18.1. The number of thioether (sulfide) groups is 1. The Bertz CT molecular complexity index is 502. The smallest absolute Gasteiger partial charge is 0.239 e. The molecule has 6 nitrogen and oxygen atoms in total. The molecule has 4 aliphatic rings. The molecule has 4 fully saturated rings. The minimum atomic E-state index is -0.456. The summed E-state index contributed by atoms with van der Waals surface area (Å²) in [5, 5.41) is 17.1. The van der Waals surface area contributed by atoms with E-state index in [2.05, 4.69) is 10.6 Å². The summed E-state index contributed by atoms with van der Waals surface area (Å²) >= 11 is 1.80. The molecule has 148 valence electrons. The lowest BCUT2D eigenvalue weighted by atomic mass is 9.85. The number of hydrogen-bond donors (Lipinski definition) is 4. The lowest BCUT2D eigenvalue weighted by molar-refractivity contribution is -0.134. The van der Waals surface area contributed by atoms with Gasteiger partial charge in [-0.15, -0.1) is 11.8 Å². The lowest BCUT2D eigenvalue weighted by Gasteiger charge is -2.37. The Hall–Kier alpha value is -0.340. The van der Waals surface area contributed by atoms with Crippen LogP contribution in [-0.2, 0) is 4.79 Å². The highest BCUT2D eigenvalue weighted by Crippen LogP contribution is 2.35. The molecule has 0 spiro atoms. The Balaban J connectivity index is 1.24. The van der Waals surface area contributed by atoms with Crippen LogP contribution in [0.15, 0.2) is 0 Å². The summed E-state index contributed by atoms with van der Waals surface area (Å²) in [4.78, 5) is 15.1. The third kappa shape index (κ3) is 4.38. The van der Waals surface area contributed by atoms with Crippen molar-refractivity contribution < 1.29 is 9.90 Å². The standard InChI is InChI=1S/C19H34N4O2S/c20-14-5-8-23(10-17(14)26-12-21-11-19(25)6-7-19)18(24)16-9-13-3-1-2-4-15(13)22-16/h13-17,21-22,25H,1-12,20H2. The van der Waals surface area contributed by atoms with Gasteiger partial charge in [0.1, 0.15) is 0 Å². The van der Waals surface area contributed by atoms with Crippen LogP contribution in [0, 0.1) is 5.92 Å². The number of nitrogens with two attached hydrogens (primary N) is 1. The first-order chi connectivity index (χ1) is 12.5. The summed E-state index contributed by atoms with van der Waals surface area (Å²) in [6.45, 7) is 2.21. The number of amides is 1. The predicted octanol–water partition coefficient (Wildman–Crippen LogP) is 0.641. The molecule has 2 saturated carbocycles. The van der Waals surface area contributed by atoms with Crippen LogP contribution in [0.1, 0.15) is 51.4 Å². The van der Waals surface area contributed by atoms with Crippen LogP contribution in [-0.4, -0.2) is 70.4 Å². The van der Waals surface area contributed by atoms with Crippen LogP contribution in [0.5, 0.6) is 0 Å². The van der Waals surface area contributed by atoms with Gasteiger partial charge in [0.25, 0.3) is 0 Å².